The highest BCUT2D eigenvalue weighted by molar-refractivity contribution is 7.11. The fourth-order valence-corrected chi connectivity index (χ4v) is 4.60. The molecule has 1 atom stereocenters. The van der Waals surface area contributed by atoms with Gasteiger partial charge in [-0.15, -0.1) is 11.3 Å². The lowest BCUT2D eigenvalue weighted by Gasteiger charge is -2.33. The van der Waals surface area contributed by atoms with Crippen molar-refractivity contribution in [1.29, 1.82) is 0 Å². The fraction of sp³-hybridized carbons (Fsp3) is 0.364. The molecular weight excluding hydrogens is 401 g/mol. The smallest absolute Gasteiger partial charge is 0.265 e. The van der Waals surface area contributed by atoms with E-state index in [1.54, 1.807) is 17.8 Å². The van der Waals surface area contributed by atoms with Gasteiger partial charge in [0.05, 0.1) is 16.9 Å². The van der Waals surface area contributed by atoms with Crippen LogP contribution in [0.15, 0.2) is 36.0 Å². The van der Waals surface area contributed by atoms with Crippen molar-refractivity contribution in [1.82, 2.24) is 19.9 Å². The number of aromatic nitrogens is 3. The highest BCUT2D eigenvalue weighted by Crippen LogP contribution is 2.34. The SMILES string of the molecule is Cc1ncsc1C(=O)N1CCC[C@@H](c2nc(N(C)C)ncc2-c2cccc(F)c2)C1. The Morgan fingerprint density at radius 1 is 1.30 bits per heavy atom. The third kappa shape index (κ3) is 4.05. The number of hydrogen-bond acceptors (Lipinski definition) is 6. The summed E-state index contributed by atoms with van der Waals surface area (Å²) in [6.45, 7) is 3.15. The van der Waals surface area contributed by atoms with Gasteiger partial charge in [0.15, 0.2) is 0 Å². The minimum absolute atomic E-state index is 0.0221. The number of rotatable bonds is 4. The maximum absolute atomic E-state index is 13.9. The Morgan fingerprint density at radius 3 is 2.83 bits per heavy atom. The summed E-state index contributed by atoms with van der Waals surface area (Å²) in [6, 6.07) is 6.49. The number of carbonyl (C=O) groups excluding carboxylic acids is 1. The first-order valence-electron chi connectivity index (χ1n) is 9.93. The fourth-order valence-electron chi connectivity index (χ4n) is 3.83. The van der Waals surface area contributed by atoms with Crippen molar-refractivity contribution in [2.24, 2.45) is 0 Å². The van der Waals surface area contributed by atoms with Crippen LogP contribution in [0.5, 0.6) is 0 Å². The van der Waals surface area contributed by atoms with Crippen LogP contribution in [0.2, 0.25) is 0 Å². The average molecular weight is 426 g/mol. The maximum Gasteiger partial charge on any atom is 0.265 e. The molecule has 30 heavy (non-hydrogen) atoms. The number of anilines is 1. The lowest BCUT2D eigenvalue weighted by Crippen LogP contribution is -2.39. The molecule has 1 saturated heterocycles. The van der Waals surface area contributed by atoms with E-state index in [1.807, 2.05) is 36.9 Å². The van der Waals surface area contributed by atoms with E-state index in [2.05, 4.69) is 9.97 Å². The molecule has 1 aliphatic rings. The van der Waals surface area contributed by atoms with Crippen LogP contribution in [0.4, 0.5) is 10.3 Å². The van der Waals surface area contributed by atoms with E-state index < -0.39 is 0 Å². The molecule has 4 rings (SSSR count). The second-order valence-corrected chi connectivity index (χ2v) is 8.59. The van der Waals surface area contributed by atoms with Crippen molar-refractivity contribution < 1.29 is 9.18 Å². The van der Waals surface area contributed by atoms with Gasteiger partial charge >= 0.3 is 0 Å². The van der Waals surface area contributed by atoms with Crippen molar-refractivity contribution in [3.05, 3.63) is 58.1 Å². The normalized spacial score (nSPS) is 16.5. The molecule has 0 N–H and O–H groups in total. The van der Waals surface area contributed by atoms with Gasteiger partial charge in [-0.05, 0) is 37.5 Å². The highest BCUT2D eigenvalue weighted by Gasteiger charge is 2.30. The summed E-state index contributed by atoms with van der Waals surface area (Å²) in [5.41, 5.74) is 4.90. The minimum Gasteiger partial charge on any atom is -0.347 e. The molecular formula is C22H24FN5OS. The van der Waals surface area contributed by atoms with Gasteiger partial charge in [0.25, 0.3) is 5.91 Å². The zero-order valence-corrected chi connectivity index (χ0v) is 18.1. The third-order valence-corrected chi connectivity index (χ3v) is 6.29. The summed E-state index contributed by atoms with van der Waals surface area (Å²) in [5, 5.41) is 0. The number of piperidine rings is 1. The molecule has 0 bridgehead atoms. The molecule has 8 heteroatoms. The highest BCUT2D eigenvalue weighted by atomic mass is 32.1. The van der Waals surface area contributed by atoms with Crippen LogP contribution in [0, 0.1) is 12.7 Å². The van der Waals surface area contributed by atoms with E-state index in [4.69, 9.17) is 4.98 Å². The van der Waals surface area contributed by atoms with E-state index in [1.165, 1.54) is 23.5 Å². The number of aryl methyl sites for hydroxylation is 1. The van der Waals surface area contributed by atoms with E-state index in [-0.39, 0.29) is 17.6 Å². The number of benzene rings is 1. The predicted octanol–water partition coefficient (Wildman–Crippen LogP) is 4.13. The van der Waals surface area contributed by atoms with Gasteiger partial charge in [-0.25, -0.2) is 19.3 Å². The number of thiazole rings is 1. The van der Waals surface area contributed by atoms with Crippen molar-refractivity contribution >= 4 is 23.2 Å². The molecule has 6 nitrogen and oxygen atoms in total. The van der Waals surface area contributed by atoms with E-state index in [0.717, 1.165) is 35.4 Å². The number of amides is 1. The van der Waals surface area contributed by atoms with Crippen molar-refractivity contribution in [2.45, 2.75) is 25.7 Å². The summed E-state index contributed by atoms with van der Waals surface area (Å²) in [4.78, 5) is 31.0. The van der Waals surface area contributed by atoms with Crippen molar-refractivity contribution in [2.75, 3.05) is 32.1 Å². The quantitative estimate of drug-likeness (QED) is 0.629. The Labute approximate surface area is 179 Å². The Hall–Kier alpha value is -2.87. The van der Waals surface area contributed by atoms with Gasteiger partial charge in [0.2, 0.25) is 5.95 Å². The number of nitrogens with zero attached hydrogens (tertiary/aromatic N) is 5. The van der Waals surface area contributed by atoms with Crippen LogP contribution in [-0.4, -0.2) is 52.9 Å². The molecule has 1 aliphatic heterocycles. The molecule has 0 radical (unpaired) electrons. The van der Waals surface area contributed by atoms with Crippen LogP contribution in [0.25, 0.3) is 11.1 Å². The maximum atomic E-state index is 13.9. The van der Waals surface area contributed by atoms with E-state index >= 15 is 0 Å². The summed E-state index contributed by atoms with van der Waals surface area (Å²) in [5.74, 6) is 0.382. The lowest BCUT2D eigenvalue weighted by molar-refractivity contribution is 0.0710. The first kappa shape index (κ1) is 20.4. The monoisotopic (exact) mass is 425 g/mol. The van der Waals surface area contributed by atoms with Gasteiger partial charge < -0.3 is 9.80 Å². The molecule has 3 heterocycles. The zero-order chi connectivity index (χ0) is 21.3. The van der Waals surface area contributed by atoms with Crippen LogP contribution in [0.1, 0.15) is 39.8 Å². The molecule has 156 valence electrons. The minimum atomic E-state index is -0.295. The van der Waals surface area contributed by atoms with Gasteiger partial charge in [-0.3, -0.25) is 4.79 Å². The molecule has 0 aliphatic carbocycles. The second-order valence-electron chi connectivity index (χ2n) is 7.73. The molecule has 2 aromatic heterocycles. The first-order valence-corrected chi connectivity index (χ1v) is 10.8. The molecule has 0 saturated carbocycles. The van der Waals surface area contributed by atoms with Crippen LogP contribution >= 0.6 is 11.3 Å². The van der Waals surface area contributed by atoms with Gasteiger partial charge in [-0.2, -0.15) is 0 Å². The Balaban J connectivity index is 1.70. The molecule has 1 aromatic carbocycles. The molecule has 3 aromatic rings. The van der Waals surface area contributed by atoms with Gasteiger partial charge in [-0.1, -0.05) is 12.1 Å². The van der Waals surface area contributed by atoms with Crippen molar-refractivity contribution in [3.63, 3.8) is 0 Å². The van der Waals surface area contributed by atoms with E-state index in [9.17, 15) is 9.18 Å². The number of likely N-dealkylation sites (tertiary alicyclic amines) is 1. The van der Waals surface area contributed by atoms with Crippen LogP contribution in [-0.2, 0) is 0 Å². The topological polar surface area (TPSA) is 62.2 Å². The second kappa shape index (κ2) is 8.47. The van der Waals surface area contributed by atoms with Crippen molar-refractivity contribution in [3.8, 4) is 11.1 Å². The molecule has 0 unspecified atom stereocenters. The van der Waals surface area contributed by atoms with E-state index in [0.29, 0.717) is 23.9 Å². The van der Waals surface area contributed by atoms with Gasteiger partial charge in [0, 0.05) is 44.9 Å². The molecule has 0 spiro atoms. The average Bonchev–Trinajstić information content (AvgIpc) is 3.18. The number of carbonyl (C=O) groups is 1. The largest absolute Gasteiger partial charge is 0.347 e. The zero-order valence-electron chi connectivity index (χ0n) is 17.3. The number of hydrogen-bond donors (Lipinski definition) is 0. The van der Waals surface area contributed by atoms with Crippen LogP contribution in [0.3, 0.4) is 0 Å². The predicted molar refractivity (Wildman–Crippen MR) is 116 cm³/mol. The number of halogens is 1. The summed E-state index contributed by atoms with van der Waals surface area (Å²) >= 11 is 1.38. The summed E-state index contributed by atoms with van der Waals surface area (Å²) in [6.07, 6.45) is 3.57. The standard InChI is InChI=1S/C22H24FN5OS/c1-14-20(30-13-25-14)21(29)28-9-5-7-16(12-28)19-18(11-24-22(26-19)27(2)3)15-6-4-8-17(23)10-15/h4,6,8,10-11,13,16H,5,7,9,12H2,1-3H3/t16-/m1/s1. The lowest BCUT2D eigenvalue weighted by atomic mass is 9.89. The Morgan fingerprint density at radius 2 is 2.13 bits per heavy atom. The molecule has 1 fully saturated rings. The van der Waals surface area contributed by atoms with Gasteiger partial charge in [0.1, 0.15) is 10.7 Å². The summed E-state index contributed by atoms with van der Waals surface area (Å²) < 4.78 is 13.9. The molecule has 1 amide bonds. The summed E-state index contributed by atoms with van der Waals surface area (Å²) in [7, 11) is 3.79. The first-order chi connectivity index (χ1) is 14.4. The third-order valence-electron chi connectivity index (χ3n) is 5.38. The Kier molecular flexibility index (Phi) is 5.76. The Bertz CT molecular complexity index is 1070. The van der Waals surface area contributed by atoms with Crippen LogP contribution < -0.4 is 4.90 Å².